The molecule has 1 unspecified atom stereocenters. The standard InChI is InChI=1S/C21H24Cl2N2O3S2/c1-15-3-2-10-25(12-15)30(27,28)18-7-5-17(6-8-18)24-21(26)14-29-13-16-4-9-19(22)20(23)11-16/h4-9,11,15H,2-3,10,12-14H2,1H3,(H,24,26). The quantitative estimate of drug-likeness (QED) is 0.577. The number of carbonyl (C=O) groups is 1. The van der Waals surface area contributed by atoms with Crippen molar-refractivity contribution in [1.29, 1.82) is 0 Å². The Morgan fingerprint density at radius 1 is 1.17 bits per heavy atom. The maximum atomic E-state index is 12.8. The van der Waals surface area contributed by atoms with E-state index in [0.29, 0.717) is 40.5 Å². The molecule has 5 nitrogen and oxygen atoms in total. The predicted molar refractivity (Wildman–Crippen MR) is 125 cm³/mol. The van der Waals surface area contributed by atoms with Crippen molar-refractivity contribution in [3.05, 3.63) is 58.1 Å². The first kappa shape index (κ1) is 23.4. The second kappa shape index (κ2) is 10.4. The third kappa shape index (κ3) is 6.14. The third-order valence-corrected chi connectivity index (χ3v) is 8.50. The zero-order valence-electron chi connectivity index (χ0n) is 16.6. The molecule has 9 heteroatoms. The molecule has 0 aromatic heterocycles. The van der Waals surface area contributed by atoms with Gasteiger partial charge in [-0.25, -0.2) is 8.42 Å². The largest absolute Gasteiger partial charge is 0.325 e. The summed E-state index contributed by atoms with van der Waals surface area (Å²) in [4.78, 5) is 12.4. The average molecular weight is 487 g/mol. The molecule has 3 rings (SSSR count). The number of amides is 1. The lowest BCUT2D eigenvalue weighted by Gasteiger charge is -2.30. The van der Waals surface area contributed by atoms with Crippen molar-refractivity contribution >= 4 is 56.6 Å². The summed E-state index contributed by atoms with van der Waals surface area (Å²) in [6.45, 7) is 3.18. The summed E-state index contributed by atoms with van der Waals surface area (Å²) in [6.07, 6.45) is 1.94. The van der Waals surface area contributed by atoms with Gasteiger partial charge in [0.1, 0.15) is 0 Å². The van der Waals surface area contributed by atoms with E-state index in [4.69, 9.17) is 23.2 Å². The second-order valence-corrected chi connectivity index (χ2v) is 11.2. The van der Waals surface area contributed by atoms with Crippen LogP contribution in [0.25, 0.3) is 0 Å². The number of nitrogens with zero attached hydrogens (tertiary/aromatic N) is 1. The molecule has 1 amide bonds. The summed E-state index contributed by atoms with van der Waals surface area (Å²) in [7, 11) is -3.50. The van der Waals surface area contributed by atoms with E-state index in [2.05, 4.69) is 12.2 Å². The molecule has 1 aliphatic heterocycles. The highest BCUT2D eigenvalue weighted by Gasteiger charge is 2.28. The normalized spacial score (nSPS) is 17.6. The summed E-state index contributed by atoms with van der Waals surface area (Å²) in [5, 5.41) is 3.80. The van der Waals surface area contributed by atoms with Crippen molar-refractivity contribution in [2.24, 2.45) is 5.92 Å². The third-order valence-electron chi connectivity index (χ3n) is 4.88. The van der Waals surface area contributed by atoms with Crippen LogP contribution >= 0.6 is 35.0 Å². The number of anilines is 1. The van der Waals surface area contributed by atoms with Crippen molar-refractivity contribution in [3.8, 4) is 0 Å². The molecule has 1 heterocycles. The van der Waals surface area contributed by atoms with Crippen LogP contribution in [0.15, 0.2) is 47.4 Å². The van der Waals surface area contributed by atoms with E-state index in [-0.39, 0.29) is 16.6 Å². The number of nitrogens with one attached hydrogen (secondary N) is 1. The van der Waals surface area contributed by atoms with E-state index < -0.39 is 10.0 Å². The van der Waals surface area contributed by atoms with Crippen LogP contribution in [0.5, 0.6) is 0 Å². The molecule has 0 spiro atoms. The van der Waals surface area contributed by atoms with Gasteiger partial charge in [-0.15, -0.1) is 11.8 Å². The molecule has 0 saturated carbocycles. The smallest absolute Gasteiger partial charge is 0.243 e. The number of piperidine rings is 1. The first-order chi connectivity index (χ1) is 14.3. The number of sulfonamides is 1. The fraction of sp³-hybridized carbons (Fsp3) is 0.381. The van der Waals surface area contributed by atoms with E-state index in [0.717, 1.165) is 18.4 Å². The SMILES string of the molecule is CC1CCCN(S(=O)(=O)c2ccc(NC(=O)CSCc3ccc(Cl)c(Cl)c3)cc2)C1. The van der Waals surface area contributed by atoms with Gasteiger partial charge in [0.05, 0.1) is 20.7 Å². The van der Waals surface area contributed by atoms with Crippen LogP contribution in [-0.4, -0.2) is 37.5 Å². The number of hydrogen-bond donors (Lipinski definition) is 1. The Morgan fingerprint density at radius 2 is 1.90 bits per heavy atom. The second-order valence-electron chi connectivity index (χ2n) is 7.42. The minimum atomic E-state index is -3.50. The van der Waals surface area contributed by atoms with Crippen molar-refractivity contribution < 1.29 is 13.2 Å². The summed E-state index contributed by atoms with van der Waals surface area (Å²) < 4.78 is 27.2. The van der Waals surface area contributed by atoms with Gasteiger partial charge in [0, 0.05) is 24.5 Å². The molecule has 1 saturated heterocycles. The maximum Gasteiger partial charge on any atom is 0.243 e. The lowest BCUT2D eigenvalue weighted by atomic mass is 10.0. The minimum absolute atomic E-state index is 0.152. The summed E-state index contributed by atoms with van der Waals surface area (Å²) in [6, 6.07) is 11.8. The van der Waals surface area contributed by atoms with Crippen molar-refractivity contribution in [2.75, 3.05) is 24.2 Å². The maximum absolute atomic E-state index is 12.8. The first-order valence-corrected chi connectivity index (χ1v) is 13.0. The molecule has 2 aromatic carbocycles. The van der Waals surface area contributed by atoms with Crippen LogP contribution in [0.3, 0.4) is 0 Å². The van der Waals surface area contributed by atoms with Gasteiger partial charge in [-0.05, 0) is 60.7 Å². The Hall–Kier alpha value is -1.25. The highest BCUT2D eigenvalue weighted by atomic mass is 35.5. The monoisotopic (exact) mass is 486 g/mol. The molecule has 1 fully saturated rings. The first-order valence-electron chi connectivity index (χ1n) is 9.67. The molecule has 162 valence electrons. The van der Waals surface area contributed by atoms with Crippen LogP contribution in [0, 0.1) is 5.92 Å². The van der Waals surface area contributed by atoms with E-state index in [1.54, 1.807) is 40.7 Å². The Labute approximate surface area is 192 Å². The molecule has 1 aliphatic rings. The van der Waals surface area contributed by atoms with Crippen molar-refractivity contribution in [3.63, 3.8) is 0 Å². The summed E-state index contributed by atoms with van der Waals surface area (Å²) >= 11 is 13.4. The van der Waals surface area contributed by atoms with E-state index in [1.165, 1.54) is 11.8 Å². The van der Waals surface area contributed by atoms with Gasteiger partial charge >= 0.3 is 0 Å². The Bertz CT molecular complexity index is 998. The Kier molecular flexibility index (Phi) is 8.10. The number of hydrogen-bond acceptors (Lipinski definition) is 4. The van der Waals surface area contributed by atoms with Crippen LogP contribution in [0.4, 0.5) is 5.69 Å². The van der Waals surface area contributed by atoms with Crippen molar-refractivity contribution in [1.82, 2.24) is 4.31 Å². The average Bonchev–Trinajstić information content (AvgIpc) is 2.71. The van der Waals surface area contributed by atoms with Gasteiger partial charge in [0.25, 0.3) is 0 Å². The molecular weight excluding hydrogens is 463 g/mol. The molecule has 0 radical (unpaired) electrons. The number of thioether (sulfide) groups is 1. The summed E-state index contributed by atoms with van der Waals surface area (Å²) in [5.74, 6) is 1.12. The molecular formula is C21H24Cl2N2O3S2. The number of halogens is 2. The molecule has 2 aromatic rings. The van der Waals surface area contributed by atoms with Crippen LogP contribution in [0.1, 0.15) is 25.3 Å². The van der Waals surface area contributed by atoms with Crippen LogP contribution in [0.2, 0.25) is 10.0 Å². The van der Waals surface area contributed by atoms with Gasteiger partial charge < -0.3 is 5.32 Å². The summed E-state index contributed by atoms with van der Waals surface area (Å²) in [5.41, 5.74) is 1.56. The molecule has 0 aliphatic carbocycles. The van der Waals surface area contributed by atoms with Crippen molar-refractivity contribution in [2.45, 2.75) is 30.4 Å². The fourth-order valence-corrected chi connectivity index (χ4v) is 6.01. The Morgan fingerprint density at radius 3 is 2.57 bits per heavy atom. The molecule has 0 bridgehead atoms. The van der Waals surface area contributed by atoms with Gasteiger partial charge in [-0.2, -0.15) is 4.31 Å². The Balaban J connectivity index is 1.52. The van der Waals surface area contributed by atoms with E-state index in [9.17, 15) is 13.2 Å². The lowest BCUT2D eigenvalue weighted by Crippen LogP contribution is -2.39. The van der Waals surface area contributed by atoms with Crippen LogP contribution in [-0.2, 0) is 20.6 Å². The van der Waals surface area contributed by atoms with Gasteiger partial charge in [0.2, 0.25) is 15.9 Å². The molecule has 1 atom stereocenters. The molecule has 30 heavy (non-hydrogen) atoms. The zero-order chi connectivity index (χ0) is 21.7. The number of benzene rings is 2. The van der Waals surface area contributed by atoms with Gasteiger partial charge in [-0.3, -0.25) is 4.79 Å². The highest BCUT2D eigenvalue weighted by Crippen LogP contribution is 2.26. The van der Waals surface area contributed by atoms with Crippen LogP contribution < -0.4 is 5.32 Å². The molecule has 1 N–H and O–H groups in total. The zero-order valence-corrected chi connectivity index (χ0v) is 19.8. The van der Waals surface area contributed by atoms with E-state index in [1.807, 2.05) is 6.07 Å². The number of carbonyl (C=O) groups excluding carboxylic acids is 1. The fourth-order valence-electron chi connectivity index (χ4n) is 3.31. The van der Waals surface area contributed by atoms with Gasteiger partial charge in [0.15, 0.2) is 0 Å². The predicted octanol–water partition coefficient (Wildman–Crippen LogP) is 5.29. The lowest BCUT2D eigenvalue weighted by molar-refractivity contribution is -0.113. The topological polar surface area (TPSA) is 66.5 Å². The number of rotatable bonds is 7. The minimum Gasteiger partial charge on any atom is -0.325 e. The van der Waals surface area contributed by atoms with E-state index >= 15 is 0 Å². The highest BCUT2D eigenvalue weighted by molar-refractivity contribution is 7.99. The van der Waals surface area contributed by atoms with Gasteiger partial charge in [-0.1, -0.05) is 36.2 Å².